The zero-order chi connectivity index (χ0) is 40.6. The van der Waals surface area contributed by atoms with Crippen LogP contribution in [0.15, 0.2) is 109 Å². The van der Waals surface area contributed by atoms with Gasteiger partial charge in [-0.3, -0.25) is 9.59 Å². The van der Waals surface area contributed by atoms with Crippen molar-refractivity contribution in [1.29, 1.82) is 0 Å². The number of para-hydroxylation sites is 2. The number of alkyl halides is 6. The summed E-state index contributed by atoms with van der Waals surface area (Å²) in [5.74, 6) is -3.57. The van der Waals surface area contributed by atoms with E-state index in [1.807, 2.05) is 0 Å². The number of rotatable bonds is 9. The minimum absolute atomic E-state index is 0.0733. The summed E-state index contributed by atoms with van der Waals surface area (Å²) in [6, 6.07) is 25.3. The smallest absolute Gasteiger partial charge is 0.423 e. The molecule has 294 valence electrons. The number of nitrogens with one attached hydrogen (secondary N) is 4. The van der Waals surface area contributed by atoms with Gasteiger partial charge in [0.25, 0.3) is 0 Å². The number of carbonyl (C=O) groups is 2. The van der Waals surface area contributed by atoms with Gasteiger partial charge < -0.3 is 30.7 Å². The van der Waals surface area contributed by atoms with Gasteiger partial charge in [-0.2, -0.15) is 36.3 Å². The highest BCUT2D eigenvalue weighted by atomic mass is 19.4. The molecule has 0 aliphatic carbocycles. The van der Waals surface area contributed by atoms with Crippen LogP contribution in [-0.2, 0) is 34.8 Å². The van der Waals surface area contributed by atoms with Crippen molar-refractivity contribution in [3.63, 3.8) is 0 Å². The van der Waals surface area contributed by atoms with Crippen LogP contribution < -0.4 is 30.7 Å². The molecule has 18 heteroatoms. The number of benzene rings is 4. The molecule has 4 aromatic carbocycles. The average Bonchev–Trinajstić information content (AvgIpc) is 3.18. The van der Waals surface area contributed by atoms with Gasteiger partial charge in [-0.05, 0) is 84.6 Å². The first-order valence-corrected chi connectivity index (χ1v) is 17.5. The summed E-state index contributed by atoms with van der Waals surface area (Å²) in [6.07, 6.45) is -8.17. The van der Waals surface area contributed by atoms with E-state index in [-0.39, 0.29) is 36.2 Å². The maximum Gasteiger partial charge on any atom is 0.423 e. The van der Waals surface area contributed by atoms with Crippen LogP contribution in [-0.4, -0.2) is 31.8 Å². The quantitative estimate of drug-likeness (QED) is 0.104. The van der Waals surface area contributed by atoms with Crippen LogP contribution in [0.1, 0.15) is 22.3 Å². The second-order valence-corrected chi connectivity index (χ2v) is 13.2. The highest BCUT2D eigenvalue weighted by molar-refractivity contribution is 6.03. The number of nitrogens with zero attached hydrogens (tertiary/aromatic N) is 4. The Kier molecular flexibility index (Phi) is 9.75. The predicted octanol–water partition coefficient (Wildman–Crippen LogP) is 9.30. The van der Waals surface area contributed by atoms with E-state index in [9.17, 15) is 35.9 Å². The molecule has 8 rings (SSSR count). The fourth-order valence-corrected chi connectivity index (χ4v) is 6.56. The average molecular weight is 799 g/mol. The predicted molar refractivity (Wildman–Crippen MR) is 198 cm³/mol. The topological polar surface area (TPSA) is 152 Å². The number of ether oxygens (including phenoxy) is 2. The van der Waals surface area contributed by atoms with Crippen LogP contribution in [0.4, 0.5) is 60.9 Å². The molecule has 2 amide bonds. The Morgan fingerprint density at radius 2 is 1.12 bits per heavy atom. The molecular formula is C40H28F6N8O4. The molecule has 58 heavy (non-hydrogen) atoms. The third-order valence-electron chi connectivity index (χ3n) is 9.33. The molecular weight excluding hydrogens is 770 g/mol. The van der Waals surface area contributed by atoms with Crippen molar-refractivity contribution in [1.82, 2.24) is 19.9 Å². The van der Waals surface area contributed by atoms with E-state index in [1.165, 1.54) is 24.3 Å². The number of fused-ring (bicyclic) bond motifs is 2. The molecule has 0 saturated heterocycles. The Balaban J connectivity index is 1.01. The Bertz CT molecular complexity index is 2520. The Morgan fingerprint density at radius 1 is 0.603 bits per heavy atom. The number of hydrogen-bond donors (Lipinski definition) is 4. The van der Waals surface area contributed by atoms with Crippen LogP contribution in [0.2, 0.25) is 0 Å². The van der Waals surface area contributed by atoms with Crippen molar-refractivity contribution in [2.24, 2.45) is 11.8 Å². The van der Waals surface area contributed by atoms with E-state index in [4.69, 9.17) is 9.47 Å². The number of carbonyl (C=O) groups excluding carboxylic acids is 2. The molecule has 6 aromatic rings. The summed E-state index contributed by atoms with van der Waals surface area (Å²) in [5.41, 5.74) is 0.373. The molecule has 0 saturated carbocycles. The molecule has 2 aliphatic heterocycles. The molecule has 0 fully saturated rings. The second-order valence-electron chi connectivity index (χ2n) is 13.2. The third kappa shape index (κ3) is 8.16. The summed E-state index contributed by atoms with van der Waals surface area (Å²) in [6.45, 7) is 0. The molecule has 4 N–H and O–H groups in total. The SMILES string of the molecule is O=C1Nc2ccc(Nc3ncc(C(F)(F)F)c(Oc4ccccc4)n3)cc2CC1C1Cc2cc(Nc3nc(Oc4ccccc4)ncc3C(F)(F)F)ccc2NC1=O. The van der Waals surface area contributed by atoms with Gasteiger partial charge >= 0.3 is 18.4 Å². The summed E-state index contributed by atoms with van der Waals surface area (Å²) >= 11 is 0. The monoisotopic (exact) mass is 798 g/mol. The minimum Gasteiger partial charge on any atom is -0.438 e. The lowest BCUT2D eigenvalue weighted by Crippen LogP contribution is -2.43. The number of amides is 2. The van der Waals surface area contributed by atoms with Gasteiger partial charge in [0.15, 0.2) is 0 Å². The molecule has 12 nitrogen and oxygen atoms in total. The number of halogens is 6. The fraction of sp³-hybridized carbons (Fsp3) is 0.150. The first-order valence-electron chi connectivity index (χ1n) is 17.5. The van der Waals surface area contributed by atoms with Gasteiger partial charge in [-0.1, -0.05) is 36.4 Å². The Hall–Kier alpha value is -7.24. The van der Waals surface area contributed by atoms with E-state index in [0.29, 0.717) is 46.3 Å². The van der Waals surface area contributed by atoms with Gasteiger partial charge in [-0.15, -0.1) is 0 Å². The first-order chi connectivity index (χ1) is 27.8. The highest BCUT2D eigenvalue weighted by Crippen LogP contribution is 2.41. The highest BCUT2D eigenvalue weighted by Gasteiger charge is 2.41. The largest absolute Gasteiger partial charge is 0.438 e. The van der Waals surface area contributed by atoms with Gasteiger partial charge in [0.05, 0.1) is 11.8 Å². The van der Waals surface area contributed by atoms with Crippen LogP contribution in [0, 0.1) is 11.8 Å². The maximum atomic E-state index is 14.0. The summed E-state index contributed by atoms with van der Waals surface area (Å²) in [7, 11) is 0. The third-order valence-corrected chi connectivity index (χ3v) is 9.33. The maximum absolute atomic E-state index is 14.0. The van der Waals surface area contributed by atoms with E-state index in [0.717, 1.165) is 0 Å². The van der Waals surface area contributed by atoms with Gasteiger partial charge in [0.2, 0.25) is 23.6 Å². The Morgan fingerprint density at radius 3 is 1.67 bits per heavy atom. The van der Waals surface area contributed by atoms with Crippen LogP contribution >= 0.6 is 0 Å². The van der Waals surface area contributed by atoms with E-state index >= 15 is 0 Å². The van der Waals surface area contributed by atoms with E-state index in [1.54, 1.807) is 72.8 Å². The summed E-state index contributed by atoms with van der Waals surface area (Å²) in [5, 5.41) is 11.2. The molecule has 2 aromatic heterocycles. The second kappa shape index (κ2) is 15.0. The molecule has 0 spiro atoms. The summed E-state index contributed by atoms with van der Waals surface area (Å²) in [4.78, 5) is 42.4. The van der Waals surface area contributed by atoms with Gasteiger partial charge in [0.1, 0.15) is 28.4 Å². The lowest BCUT2D eigenvalue weighted by atomic mass is 9.77. The van der Waals surface area contributed by atoms with Crippen LogP contribution in [0.5, 0.6) is 23.4 Å². The molecule has 2 unspecified atom stereocenters. The fourth-order valence-electron chi connectivity index (χ4n) is 6.56. The van der Waals surface area contributed by atoms with E-state index < -0.39 is 58.8 Å². The molecule has 0 bridgehead atoms. The zero-order valence-electron chi connectivity index (χ0n) is 29.7. The van der Waals surface area contributed by atoms with Gasteiger partial charge in [0, 0.05) is 35.1 Å². The normalized spacial score (nSPS) is 16.3. The van der Waals surface area contributed by atoms with Gasteiger partial charge in [-0.25, -0.2) is 9.97 Å². The summed E-state index contributed by atoms with van der Waals surface area (Å²) < 4.78 is 94.3. The van der Waals surface area contributed by atoms with E-state index in [2.05, 4.69) is 41.2 Å². The molecule has 2 atom stereocenters. The van der Waals surface area contributed by atoms with Crippen LogP contribution in [0.3, 0.4) is 0 Å². The molecule has 0 radical (unpaired) electrons. The standard InChI is InChI=1S/C40H28F6N8O4/c41-39(42,43)29-19-48-38(58-26-9-5-2-6-10-26)53-33(29)49-23-11-13-31-21(15-23)17-27(34(55)51-31)28-18-22-16-24(12-14-32(22)52-35(28)56)50-37-47-20-30(40(44,45)46)36(54-37)57-25-7-3-1-4-8-25/h1-16,19-20,27-28H,17-18H2,(H,51,55)(H,52,56)(H,47,50,54)(H,48,49,53). The lowest BCUT2D eigenvalue weighted by Gasteiger charge is -2.33. The molecule has 4 heterocycles. The van der Waals surface area contributed by atoms with Crippen molar-refractivity contribution in [3.8, 4) is 23.4 Å². The Labute approximate surface area is 324 Å². The zero-order valence-corrected chi connectivity index (χ0v) is 29.7. The number of aromatic nitrogens is 4. The van der Waals surface area contributed by atoms with Crippen molar-refractivity contribution < 1.29 is 45.4 Å². The number of anilines is 6. The lowest BCUT2D eigenvalue weighted by molar-refractivity contribution is -0.139. The molecule has 2 aliphatic rings. The first kappa shape index (κ1) is 37.7. The minimum atomic E-state index is -4.80. The van der Waals surface area contributed by atoms with Crippen molar-refractivity contribution >= 4 is 46.3 Å². The van der Waals surface area contributed by atoms with Crippen LogP contribution in [0.25, 0.3) is 0 Å². The number of hydrogen-bond acceptors (Lipinski definition) is 10. The van der Waals surface area contributed by atoms with Crippen molar-refractivity contribution in [2.45, 2.75) is 25.2 Å². The van der Waals surface area contributed by atoms with Crippen molar-refractivity contribution in [3.05, 3.63) is 132 Å². The van der Waals surface area contributed by atoms with Crippen molar-refractivity contribution in [2.75, 3.05) is 21.3 Å².